The maximum absolute atomic E-state index is 5.36. The molecule has 1 aromatic carbocycles. The van der Waals surface area contributed by atoms with Crippen LogP contribution in [0.2, 0.25) is 0 Å². The second-order valence-corrected chi connectivity index (χ2v) is 4.39. The summed E-state index contributed by atoms with van der Waals surface area (Å²) in [5.74, 6) is 1.05. The van der Waals surface area contributed by atoms with Gasteiger partial charge in [-0.05, 0) is 25.8 Å². The van der Waals surface area contributed by atoms with Gasteiger partial charge in [0.15, 0.2) is 0 Å². The van der Waals surface area contributed by atoms with Crippen LogP contribution in [0.3, 0.4) is 0 Å². The Kier molecular flexibility index (Phi) is 5.75. The minimum absolute atomic E-state index is 0.339. The fourth-order valence-electron chi connectivity index (χ4n) is 1.83. The second-order valence-electron chi connectivity index (χ2n) is 4.39. The molecule has 6 heteroatoms. The highest BCUT2D eigenvalue weighted by Gasteiger charge is 2.06. The molecule has 0 saturated carbocycles. The summed E-state index contributed by atoms with van der Waals surface area (Å²) in [5, 5.41) is 6.28. The Bertz CT molecular complexity index is 523. The first-order valence-corrected chi connectivity index (χ1v) is 7.22. The van der Waals surface area contributed by atoms with Gasteiger partial charge < -0.3 is 15.4 Å². The molecule has 0 spiro atoms. The molecule has 2 N–H and O–H groups in total. The smallest absolute Gasteiger partial charge is 0.323 e. The van der Waals surface area contributed by atoms with Crippen LogP contribution in [0.15, 0.2) is 30.3 Å². The number of aromatic nitrogens is 3. The average molecular weight is 287 g/mol. The van der Waals surface area contributed by atoms with Crippen molar-refractivity contribution in [1.82, 2.24) is 15.0 Å². The minimum atomic E-state index is 0.339. The summed E-state index contributed by atoms with van der Waals surface area (Å²) >= 11 is 0. The molecule has 2 rings (SSSR count). The number of nitrogens with one attached hydrogen (secondary N) is 2. The highest BCUT2D eigenvalue weighted by Crippen LogP contribution is 2.11. The lowest BCUT2D eigenvalue weighted by Gasteiger charge is -2.09. The quantitative estimate of drug-likeness (QED) is 0.776. The first-order valence-electron chi connectivity index (χ1n) is 7.22. The Morgan fingerprint density at radius 3 is 2.33 bits per heavy atom. The van der Waals surface area contributed by atoms with E-state index in [2.05, 4.69) is 37.7 Å². The molecule has 0 aliphatic carbocycles. The summed E-state index contributed by atoms with van der Waals surface area (Å²) in [5.41, 5.74) is 1.27. The maximum Gasteiger partial charge on any atom is 0.323 e. The highest BCUT2D eigenvalue weighted by molar-refractivity contribution is 5.36. The Balaban J connectivity index is 1.97. The van der Waals surface area contributed by atoms with Crippen LogP contribution in [0, 0.1) is 0 Å². The number of ether oxygens (including phenoxy) is 1. The van der Waals surface area contributed by atoms with E-state index in [0.29, 0.717) is 24.5 Å². The molecule has 0 unspecified atom stereocenters. The number of hydrogen-bond acceptors (Lipinski definition) is 6. The van der Waals surface area contributed by atoms with Gasteiger partial charge in [0.2, 0.25) is 11.9 Å². The van der Waals surface area contributed by atoms with Gasteiger partial charge in [-0.3, -0.25) is 0 Å². The van der Waals surface area contributed by atoms with E-state index in [9.17, 15) is 0 Å². The summed E-state index contributed by atoms with van der Waals surface area (Å²) in [4.78, 5) is 12.7. The molecule has 0 aliphatic rings. The van der Waals surface area contributed by atoms with Crippen LogP contribution in [0.25, 0.3) is 0 Å². The molecule has 0 radical (unpaired) electrons. The Labute approximate surface area is 125 Å². The molecule has 21 heavy (non-hydrogen) atoms. The monoisotopic (exact) mass is 287 g/mol. The van der Waals surface area contributed by atoms with Crippen molar-refractivity contribution in [2.24, 2.45) is 0 Å². The first-order chi connectivity index (χ1) is 10.3. The topological polar surface area (TPSA) is 72.0 Å². The van der Waals surface area contributed by atoms with Crippen molar-refractivity contribution in [3.8, 4) is 6.01 Å². The standard InChI is InChI=1S/C15H21N5O/c1-3-16-13-18-14(20-15(19-13)21-4-2)17-11-10-12-8-6-5-7-9-12/h5-9H,3-4,10-11H2,1-2H3,(H2,16,17,18,19,20). The van der Waals surface area contributed by atoms with Gasteiger partial charge in [0, 0.05) is 13.1 Å². The molecule has 0 bridgehead atoms. The van der Waals surface area contributed by atoms with Gasteiger partial charge in [0.05, 0.1) is 6.61 Å². The van der Waals surface area contributed by atoms with Crippen LogP contribution < -0.4 is 15.4 Å². The van der Waals surface area contributed by atoms with Gasteiger partial charge in [-0.2, -0.15) is 15.0 Å². The number of hydrogen-bond donors (Lipinski definition) is 2. The lowest BCUT2D eigenvalue weighted by Crippen LogP contribution is -2.12. The van der Waals surface area contributed by atoms with E-state index in [-0.39, 0.29) is 0 Å². The SMILES string of the molecule is CCNc1nc(NCCc2ccccc2)nc(OCC)n1. The minimum Gasteiger partial charge on any atom is -0.464 e. The molecular weight excluding hydrogens is 266 g/mol. The number of anilines is 2. The molecular formula is C15H21N5O. The van der Waals surface area contributed by atoms with Crippen molar-refractivity contribution in [1.29, 1.82) is 0 Å². The summed E-state index contributed by atoms with van der Waals surface area (Å²) in [6, 6.07) is 10.6. The first kappa shape index (κ1) is 15.0. The third-order valence-corrected chi connectivity index (χ3v) is 2.76. The zero-order chi connectivity index (χ0) is 14.9. The fraction of sp³-hybridized carbons (Fsp3) is 0.400. The van der Waals surface area contributed by atoms with E-state index in [1.165, 1.54) is 5.56 Å². The summed E-state index contributed by atoms with van der Waals surface area (Å²) in [6.45, 7) is 5.93. The summed E-state index contributed by atoms with van der Waals surface area (Å²) < 4.78 is 5.36. The van der Waals surface area contributed by atoms with Crippen LogP contribution >= 0.6 is 0 Å². The van der Waals surface area contributed by atoms with Crippen LogP contribution in [-0.4, -0.2) is 34.6 Å². The normalized spacial score (nSPS) is 10.2. The molecule has 0 fully saturated rings. The molecule has 6 nitrogen and oxygen atoms in total. The van der Waals surface area contributed by atoms with Crippen molar-refractivity contribution >= 4 is 11.9 Å². The van der Waals surface area contributed by atoms with Crippen LogP contribution in [-0.2, 0) is 6.42 Å². The third kappa shape index (κ3) is 4.91. The van der Waals surface area contributed by atoms with Crippen molar-refractivity contribution < 1.29 is 4.74 Å². The van der Waals surface area contributed by atoms with Crippen LogP contribution in [0.4, 0.5) is 11.9 Å². The van der Waals surface area contributed by atoms with Gasteiger partial charge >= 0.3 is 6.01 Å². The van der Waals surface area contributed by atoms with Crippen LogP contribution in [0.1, 0.15) is 19.4 Å². The van der Waals surface area contributed by atoms with E-state index in [1.54, 1.807) is 0 Å². The van der Waals surface area contributed by atoms with Crippen molar-refractivity contribution in [2.45, 2.75) is 20.3 Å². The number of nitrogens with zero attached hydrogens (tertiary/aromatic N) is 3. The molecule has 0 aliphatic heterocycles. The zero-order valence-electron chi connectivity index (χ0n) is 12.5. The van der Waals surface area contributed by atoms with Crippen molar-refractivity contribution in [3.63, 3.8) is 0 Å². The fourth-order valence-corrected chi connectivity index (χ4v) is 1.83. The van der Waals surface area contributed by atoms with Gasteiger partial charge in [0.1, 0.15) is 0 Å². The Hall–Kier alpha value is -2.37. The Morgan fingerprint density at radius 2 is 1.67 bits per heavy atom. The van der Waals surface area contributed by atoms with Gasteiger partial charge in [0.25, 0.3) is 0 Å². The van der Waals surface area contributed by atoms with E-state index < -0.39 is 0 Å². The molecule has 0 amide bonds. The van der Waals surface area contributed by atoms with E-state index in [0.717, 1.165) is 19.5 Å². The lowest BCUT2D eigenvalue weighted by molar-refractivity contribution is 0.312. The van der Waals surface area contributed by atoms with Gasteiger partial charge in [-0.15, -0.1) is 0 Å². The molecule has 1 heterocycles. The van der Waals surface area contributed by atoms with Crippen LogP contribution in [0.5, 0.6) is 6.01 Å². The maximum atomic E-state index is 5.36. The predicted molar refractivity (Wildman–Crippen MR) is 83.8 cm³/mol. The summed E-state index contributed by atoms with van der Waals surface area (Å²) in [7, 11) is 0. The zero-order valence-corrected chi connectivity index (χ0v) is 12.5. The third-order valence-electron chi connectivity index (χ3n) is 2.76. The predicted octanol–water partition coefficient (Wildman–Crippen LogP) is 2.36. The summed E-state index contributed by atoms with van der Waals surface area (Å²) in [6.07, 6.45) is 0.910. The molecule has 2 aromatic rings. The van der Waals surface area contributed by atoms with E-state index in [1.807, 2.05) is 32.0 Å². The highest BCUT2D eigenvalue weighted by atomic mass is 16.5. The lowest BCUT2D eigenvalue weighted by atomic mass is 10.1. The van der Waals surface area contributed by atoms with Crippen molar-refractivity contribution in [2.75, 3.05) is 30.3 Å². The molecule has 112 valence electrons. The van der Waals surface area contributed by atoms with Gasteiger partial charge in [-0.25, -0.2) is 0 Å². The number of rotatable bonds is 8. The average Bonchev–Trinajstić information content (AvgIpc) is 2.49. The second kappa shape index (κ2) is 8.04. The molecule has 0 saturated heterocycles. The molecule has 0 atom stereocenters. The van der Waals surface area contributed by atoms with Crippen molar-refractivity contribution in [3.05, 3.63) is 35.9 Å². The Morgan fingerprint density at radius 1 is 0.952 bits per heavy atom. The number of benzene rings is 1. The largest absolute Gasteiger partial charge is 0.464 e. The van der Waals surface area contributed by atoms with E-state index >= 15 is 0 Å². The molecule has 1 aromatic heterocycles. The van der Waals surface area contributed by atoms with Gasteiger partial charge in [-0.1, -0.05) is 30.3 Å². The van der Waals surface area contributed by atoms with E-state index in [4.69, 9.17) is 4.74 Å².